The summed E-state index contributed by atoms with van der Waals surface area (Å²) in [6, 6.07) is 4.97. The Bertz CT molecular complexity index is 794. The van der Waals surface area contributed by atoms with Crippen molar-refractivity contribution in [1.29, 1.82) is 0 Å². The first-order valence-electron chi connectivity index (χ1n) is 9.97. The van der Waals surface area contributed by atoms with Gasteiger partial charge in [-0.3, -0.25) is 19.8 Å². The van der Waals surface area contributed by atoms with E-state index in [4.69, 9.17) is 9.47 Å². The van der Waals surface area contributed by atoms with Gasteiger partial charge in [-0.1, -0.05) is 6.92 Å². The molecule has 1 fully saturated rings. The van der Waals surface area contributed by atoms with Crippen LogP contribution in [0.25, 0.3) is 0 Å². The number of benzene rings is 1. The minimum Gasteiger partial charge on any atom is -0.482 e. The summed E-state index contributed by atoms with van der Waals surface area (Å²) in [5, 5.41) is 2.66. The molecule has 1 aromatic carbocycles. The molecular formula is C21H29N3O5. The van der Waals surface area contributed by atoms with E-state index in [2.05, 4.69) is 12.2 Å². The molecule has 2 aliphatic heterocycles. The van der Waals surface area contributed by atoms with E-state index in [-0.39, 0.29) is 25.0 Å². The monoisotopic (exact) mass is 403 g/mol. The number of carbonyl (C=O) groups excluding carboxylic acids is 3. The minimum atomic E-state index is -0.623. The van der Waals surface area contributed by atoms with Crippen molar-refractivity contribution in [2.45, 2.75) is 46.1 Å². The average Bonchev–Trinajstić information content (AvgIpc) is 2.63. The van der Waals surface area contributed by atoms with Gasteiger partial charge in [0.2, 0.25) is 5.91 Å². The second-order valence-corrected chi connectivity index (χ2v) is 8.64. The SMILES string of the molecule is CC1CCN(C(=O)CN2C(=O)COc3ccc(NC(=O)OC(C)(C)C)cc32)CC1. The molecule has 0 aromatic heterocycles. The van der Waals surface area contributed by atoms with Crippen molar-refractivity contribution in [3.8, 4) is 5.75 Å². The van der Waals surface area contributed by atoms with Crippen LogP contribution >= 0.6 is 0 Å². The number of piperidine rings is 1. The van der Waals surface area contributed by atoms with Crippen LogP contribution in [-0.4, -0.2) is 54.6 Å². The van der Waals surface area contributed by atoms with Crippen LogP contribution < -0.4 is 15.0 Å². The molecule has 1 saturated heterocycles. The van der Waals surface area contributed by atoms with Crippen LogP contribution in [0.3, 0.4) is 0 Å². The van der Waals surface area contributed by atoms with Gasteiger partial charge in [-0.15, -0.1) is 0 Å². The molecule has 0 aliphatic carbocycles. The number of amides is 3. The maximum atomic E-state index is 12.7. The molecule has 8 heteroatoms. The molecule has 1 N–H and O–H groups in total. The van der Waals surface area contributed by atoms with Gasteiger partial charge < -0.3 is 14.4 Å². The van der Waals surface area contributed by atoms with E-state index >= 15 is 0 Å². The lowest BCUT2D eigenvalue weighted by Gasteiger charge is -2.34. The highest BCUT2D eigenvalue weighted by Crippen LogP contribution is 2.35. The summed E-state index contributed by atoms with van der Waals surface area (Å²) >= 11 is 0. The van der Waals surface area contributed by atoms with E-state index in [0.717, 1.165) is 12.8 Å². The van der Waals surface area contributed by atoms with Gasteiger partial charge in [0.05, 0.1) is 5.69 Å². The smallest absolute Gasteiger partial charge is 0.412 e. The molecule has 29 heavy (non-hydrogen) atoms. The zero-order valence-corrected chi connectivity index (χ0v) is 17.5. The number of anilines is 2. The summed E-state index contributed by atoms with van der Waals surface area (Å²) in [5.74, 6) is 0.750. The average molecular weight is 403 g/mol. The summed E-state index contributed by atoms with van der Waals surface area (Å²) < 4.78 is 10.8. The van der Waals surface area contributed by atoms with Gasteiger partial charge in [0, 0.05) is 18.8 Å². The lowest BCUT2D eigenvalue weighted by molar-refractivity contribution is -0.133. The van der Waals surface area contributed by atoms with Crippen LogP contribution in [0.1, 0.15) is 40.5 Å². The molecule has 3 amide bonds. The molecule has 2 heterocycles. The number of nitrogens with zero attached hydrogens (tertiary/aromatic N) is 2. The zero-order valence-electron chi connectivity index (χ0n) is 17.5. The lowest BCUT2D eigenvalue weighted by atomic mass is 9.99. The third kappa shape index (κ3) is 5.40. The lowest BCUT2D eigenvalue weighted by Crippen LogP contribution is -2.48. The molecular weight excluding hydrogens is 374 g/mol. The largest absolute Gasteiger partial charge is 0.482 e. The number of ether oxygens (including phenoxy) is 2. The predicted octanol–water partition coefficient (Wildman–Crippen LogP) is 3.02. The molecule has 0 radical (unpaired) electrons. The fraction of sp³-hybridized carbons (Fsp3) is 0.571. The molecule has 3 rings (SSSR count). The normalized spacial score (nSPS) is 17.4. The van der Waals surface area contributed by atoms with Crippen LogP contribution in [-0.2, 0) is 14.3 Å². The molecule has 0 saturated carbocycles. The maximum absolute atomic E-state index is 12.7. The summed E-state index contributed by atoms with van der Waals surface area (Å²) in [4.78, 5) is 40.5. The number of carbonyl (C=O) groups is 3. The first kappa shape index (κ1) is 21.0. The maximum Gasteiger partial charge on any atom is 0.412 e. The third-order valence-corrected chi connectivity index (χ3v) is 4.98. The number of likely N-dealkylation sites (tertiary alicyclic amines) is 1. The molecule has 2 aliphatic rings. The van der Waals surface area contributed by atoms with Crippen LogP contribution in [0.2, 0.25) is 0 Å². The zero-order chi connectivity index (χ0) is 21.2. The highest BCUT2D eigenvalue weighted by atomic mass is 16.6. The number of hydrogen-bond donors (Lipinski definition) is 1. The van der Waals surface area contributed by atoms with Gasteiger partial charge in [-0.25, -0.2) is 4.79 Å². The van der Waals surface area contributed by atoms with Gasteiger partial charge in [0.15, 0.2) is 6.61 Å². The molecule has 0 unspecified atom stereocenters. The number of hydrogen-bond acceptors (Lipinski definition) is 5. The van der Waals surface area contributed by atoms with Crippen molar-refractivity contribution >= 4 is 29.3 Å². The first-order chi connectivity index (χ1) is 13.6. The van der Waals surface area contributed by atoms with Crippen LogP contribution in [0.15, 0.2) is 18.2 Å². The van der Waals surface area contributed by atoms with Crippen molar-refractivity contribution in [2.24, 2.45) is 5.92 Å². The van der Waals surface area contributed by atoms with Crippen LogP contribution in [0.4, 0.5) is 16.2 Å². The Balaban J connectivity index is 1.74. The quantitative estimate of drug-likeness (QED) is 0.838. The van der Waals surface area contributed by atoms with E-state index in [0.29, 0.717) is 36.1 Å². The van der Waals surface area contributed by atoms with E-state index in [1.807, 2.05) is 4.90 Å². The van der Waals surface area contributed by atoms with Crippen molar-refractivity contribution in [3.63, 3.8) is 0 Å². The van der Waals surface area contributed by atoms with Gasteiger partial charge >= 0.3 is 6.09 Å². The third-order valence-electron chi connectivity index (χ3n) is 4.98. The molecule has 8 nitrogen and oxygen atoms in total. The second kappa shape index (κ2) is 8.31. The van der Waals surface area contributed by atoms with E-state index in [9.17, 15) is 14.4 Å². The van der Waals surface area contributed by atoms with Crippen LogP contribution in [0, 0.1) is 5.92 Å². The van der Waals surface area contributed by atoms with Crippen molar-refractivity contribution in [2.75, 3.05) is 36.5 Å². The van der Waals surface area contributed by atoms with E-state index < -0.39 is 11.7 Å². The highest BCUT2D eigenvalue weighted by molar-refractivity contribution is 6.03. The Morgan fingerprint density at radius 1 is 1.24 bits per heavy atom. The van der Waals surface area contributed by atoms with E-state index in [1.165, 1.54) is 4.90 Å². The van der Waals surface area contributed by atoms with Crippen LogP contribution in [0.5, 0.6) is 5.75 Å². The molecule has 0 bridgehead atoms. The molecule has 0 spiro atoms. The Hall–Kier alpha value is -2.77. The van der Waals surface area contributed by atoms with Crippen molar-refractivity contribution < 1.29 is 23.9 Å². The van der Waals surface area contributed by atoms with Gasteiger partial charge in [-0.05, 0) is 57.7 Å². The standard InChI is InChI=1S/C21H29N3O5/c1-14-7-9-23(10-8-14)18(25)12-24-16-11-15(22-20(27)29-21(2,3)4)5-6-17(16)28-13-19(24)26/h5-6,11,14H,7-10,12-13H2,1-4H3,(H,22,27). The molecule has 158 valence electrons. The number of fused-ring (bicyclic) bond motifs is 1. The topological polar surface area (TPSA) is 88.2 Å². The second-order valence-electron chi connectivity index (χ2n) is 8.64. The van der Waals surface area contributed by atoms with Gasteiger partial charge in [0.1, 0.15) is 17.9 Å². The molecule has 1 aromatic rings. The summed E-state index contributed by atoms with van der Waals surface area (Å²) in [7, 11) is 0. The summed E-state index contributed by atoms with van der Waals surface area (Å²) in [6.45, 7) is 8.79. The Morgan fingerprint density at radius 3 is 2.59 bits per heavy atom. The van der Waals surface area contributed by atoms with Crippen molar-refractivity contribution in [1.82, 2.24) is 4.90 Å². The highest BCUT2D eigenvalue weighted by Gasteiger charge is 2.30. The predicted molar refractivity (Wildman–Crippen MR) is 109 cm³/mol. The molecule has 0 atom stereocenters. The fourth-order valence-corrected chi connectivity index (χ4v) is 3.37. The first-order valence-corrected chi connectivity index (χ1v) is 9.97. The Morgan fingerprint density at radius 2 is 1.93 bits per heavy atom. The summed E-state index contributed by atoms with van der Waals surface area (Å²) in [5.41, 5.74) is 0.302. The summed E-state index contributed by atoms with van der Waals surface area (Å²) in [6.07, 6.45) is 1.36. The van der Waals surface area contributed by atoms with E-state index in [1.54, 1.807) is 39.0 Å². The van der Waals surface area contributed by atoms with Gasteiger partial charge in [0.25, 0.3) is 5.91 Å². The van der Waals surface area contributed by atoms with Gasteiger partial charge in [-0.2, -0.15) is 0 Å². The van der Waals surface area contributed by atoms with Crippen molar-refractivity contribution in [3.05, 3.63) is 18.2 Å². The number of rotatable bonds is 3. The number of nitrogens with one attached hydrogen (secondary N) is 1. The minimum absolute atomic E-state index is 0.0422. The fourth-order valence-electron chi connectivity index (χ4n) is 3.37. The Kier molecular flexibility index (Phi) is 6.00. The Labute approximate surface area is 171 Å².